The molecule has 0 saturated carbocycles. The van der Waals surface area contributed by atoms with E-state index in [4.69, 9.17) is 12.2 Å². The van der Waals surface area contributed by atoms with Crippen LogP contribution in [0.25, 0.3) is 10.9 Å². The van der Waals surface area contributed by atoms with Gasteiger partial charge < -0.3 is 4.98 Å². The van der Waals surface area contributed by atoms with Gasteiger partial charge in [-0.2, -0.15) is 0 Å². The number of fused-ring (bicyclic) bond motifs is 1. The molecule has 0 aliphatic heterocycles. The van der Waals surface area contributed by atoms with Crippen molar-refractivity contribution in [3.05, 3.63) is 74.3 Å². The van der Waals surface area contributed by atoms with Gasteiger partial charge in [-0.25, -0.2) is 0 Å². The van der Waals surface area contributed by atoms with Crippen LogP contribution in [0.4, 0.5) is 0 Å². The average Bonchev–Trinajstić information content (AvgIpc) is 2.59. The number of aromatic nitrogens is 2. The lowest BCUT2D eigenvalue weighted by molar-refractivity contribution is 0.0847. The summed E-state index contributed by atoms with van der Waals surface area (Å²) >= 11 is 4.92. The summed E-state index contributed by atoms with van der Waals surface area (Å²) in [5.41, 5.74) is 6.53. The normalized spacial score (nSPS) is 10.4. The molecule has 25 heavy (non-hydrogen) atoms. The lowest BCUT2D eigenvalue weighted by Gasteiger charge is -2.08. The quantitative estimate of drug-likeness (QED) is 0.417. The topological polar surface area (TPSA) is 107 Å². The highest BCUT2D eigenvalue weighted by Gasteiger charge is 2.10. The van der Waals surface area contributed by atoms with Gasteiger partial charge in [0.25, 0.3) is 17.4 Å². The van der Waals surface area contributed by atoms with Crippen molar-refractivity contribution < 1.29 is 9.59 Å². The Kier molecular flexibility index (Phi) is 4.44. The molecule has 0 aliphatic rings. The van der Waals surface area contributed by atoms with Gasteiger partial charge in [0.1, 0.15) is 0 Å². The minimum atomic E-state index is -0.512. The number of hydrogen-bond donors (Lipinski definition) is 4. The fourth-order valence-electron chi connectivity index (χ4n) is 2.27. The van der Waals surface area contributed by atoms with E-state index in [-0.39, 0.29) is 15.9 Å². The molecule has 0 radical (unpaired) electrons. The van der Waals surface area contributed by atoms with E-state index in [2.05, 4.69) is 20.8 Å². The predicted molar refractivity (Wildman–Crippen MR) is 95.9 cm³/mol. The number of hydrazine groups is 1. The second kappa shape index (κ2) is 6.70. The Hall–Kier alpha value is -3.26. The van der Waals surface area contributed by atoms with Gasteiger partial charge >= 0.3 is 0 Å². The molecule has 2 amide bonds. The maximum Gasteiger partial charge on any atom is 0.269 e. The van der Waals surface area contributed by atoms with Crippen molar-refractivity contribution in [2.45, 2.75) is 6.92 Å². The summed E-state index contributed by atoms with van der Waals surface area (Å²) in [6, 6.07) is 11.4. The van der Waals surface area contributed by atoms with Crippen molar-refractivity contribution in [3.8, 4) is 0 Å². The van der Waals surface area contributed by atoms with Gasteiger partial charge in [-0.05, 0) is 49.5 Å². The number of rotatable bonds is 2. The second-order valence-electron chi connectivity index (χ2n) is 5.44. The summed E-state index contributed by atoms with van der Waals surface area (Å²) in [5.74, 6) is -0.938. The van der Waals surface area contributed by atoms with E-state index in [1.807, 2.05) is 6.92 Å². The molecule has 126 valence electrons. The van der Waals surface area contributed by atoms with Crippen LogP contribution in [0.2, 0.25) is 0 Å². The Bertz CT molecular complexity index is 1080. The van der Waals surface area contributed by atoms with E-state index in [0.29, 0.717) is 16.5 Å². The first-order valence-corrected chi connectivity index (χ1v) is 7.78. The Morgan fingerprint density at radius 3 is 2.20 bits per heavy atom. The van der Waals surface area contributed by atoms with Gasteiger partial charge in [0.15, 0.2) is 4.77 Å². The van der Waals surface area contributed by atoms with Crippen LogP contribution < -0.4 is 16.4 Å². The largest absolute Gasteiger partial charge is 0.332 e. The Labute approximate surface area is 147 Å². The lowest BCUT2D eigenvalue weighted by Crippen LogP contribution is -2.41. The molecule has 3 rings (SSSR count). The number of H-pyrrole nitrogens is 2. The predicted octanol–water partition coefficient (Wildman–Crippen LogP) is 1.97. The number of benzene rings is 2. The van der Waals surface area contributed by atoms with Gasteiger partial charge in [-0.15, -0.1) is 0 Å². The zero-order valence-electron chi connectivity index (χ0n) is 13.2. The van der Waals surface area contributed by atoms with E-state index in [1.165, 1.54) is 18.2 Å². The minimum Gasteiger partial charge on any atom is -0.332 e. The van der Waals surface area contributed by atoms with Crippen molar-refractivity contribution in [1.82, 2.24) is 20.8 Å². The number of hydrogen-bond acceptors (Lipinski definition) is 4. The third-order valence-corrected chi connectivity index (χ3v) is 3.81. The first-order chi connectivity index (χ1) is 11.9. The first kappa shape index (κ1) is 16.6. The molecular weight excluding hydrogens is 340 g/mol. The van der Waals surface area contributed by atoms with E-state index in [9.17, 15) is 14.4 Å². The smallest absolute Gasteiger partial charge is 0.269 e. The zero-order valence-corrected chi connectivity index (χ0v) is 14.0. The van der Waals surface area contributed by atoms with E-state index >= 15 is 0 Å². The molecule has 1 heterocycles. The molecule has 0 atom stereocenters. The number of aryl methyl sites for hydroxylation is 1. The molecule has 4 N–H and O–H groups in total. The summed E-state index contributed by atoms with van der Waals surface area (Å²) in [6.45, 7) is 1.92. The van der Waals surface area contributed by atoms with Crippen molar-refractivity contribution >= 4 is 34.9 Å². The van der Waals surface area contributed by atoms with Crippen molar-refractivity contribution in [3.63, 3.8) is 0 Å². The van der Waals surface area contributed by atoms with E-state index in [0.717, 1.165) is 5.56 Å². The monoisotopic (exact) mass is 354 g/mol. The number of carbonyl (C=O) groups is 2. The highest BCUT2D eigenvalue weighted by Crippen LogP contribution is 2.10. The van der Waals surface area contributed by atoms with Crippen LogP contribution in [-0.4, -0.2) is 21.8 Å². The molecule has 1 aromatic heterocycles. The van der Waals surface area contributed by atoms with Gasteiger partial charge in [0.05, 0.1) is 10.9 Å². The Balaban J connectivity index is 1.76. The number of amides is 2. The summed E-state index contributed by atoms with van der Waals surface area (Å²) in [7, 11) is 0. The summed E-state index contributed by atoms with van der Waals surface area (Å²) in [5, 5.41) is 0.383. The minimum absolute atomic E-state index is 0.169. The number of aromatic amines is 2. The first-order valence-electron chi connectivity index (χ1n) is 7.38. The average molecular weight is 354 g/mol. The number of carbonyl (C=O) groups excluding carboxylic acids is 2. The molecule has 0 unspecified atom stereocenters. The Morgan fingerprint density at radius 2 is 1.52 bits per heavy atom. The summed E-state index contributed by atoms with van der Waals surface area (Å²) in [4.78, 5) is 41.3. The van der Waals surface area contributed by atoms with E-state index < -0.39 is 11.8 Å². The molecule has 0 aliphatic carbocycles. The molecule has 0 fully saturated rings. The van der Waals surface area contributed by atoms with Crippen LogP contribution in [0.3, 0.4) is 0 Å². The molecule has 0 bridgehead atoms. The van der Waals surface area contributed by atoms with Crippen LogP contribution in [0.15, 0.2) is 47.3 Å². The SMILES string of the molecule is Cc1ccc(C(=O)NNC(=O)c2ccc3c(=O)[nH]c(=S)[nH]c3c2)cc1. The van der Waals surface area contributed by atoms with Crippen molar-refractivity contribution in [2.24, 2.45) is 0 Å². The summed E-state index contributed by atoms with van der Waals surface area (Å²) in [6.07, 6.45) is 0. The van der Waals surface area contributed by atoms with Crippen LogP contribution in [-0.2, 0) is 0 Å². The lowest BCUT2D eigenvalue weighted by atomic mass is 10.1. The van der Waals surface area contributed by atoms with Gasteiger partial charge in [0, 0.05) is 11.1 Å². The van der Waals surface area contributed by atoms with Gasteiger partial charge in [0.2, 0.25) is 0 Å². The zero-order chi connectivity index (χ0) is 18.0. The van der Waals surface area contributed by atoms with Crippen LogP contribution >= 0.6 is 12.2 Å². The van der Waals surface area contributed by atoms with E-state index in [1.54, 1.807) is 24.3 Å². The number of nitrogens with one attached hydrogen (secondary N) is 4. The summed E-state index contributed by atoms with van der Waals surface area (Å²) < 4.78 is 0.169. The van der Waals surface area contributed by atoms with Crippen LogP contribution in [0.1, 0.15) is 26.3 Å². The van der Waals surface area contributed by atoms with Crippen molar-refractivity contribution in [2.75, 3.05) is 0 Å². The molecule has 2 aromatic carbocycles. The van der Waals surface area contributed by atoms with Gasteiger partial charge in [-0.3, -0.25) is 30.2 Å². The highest BCUT2D eigenvalue weighted by molar-refractivity contribution is 7.71. The fourth-order valence-corrected chi connectivity index (χ4v) is 2.48. The highest BCUT2D eigenvalue weighted by atomic mass is 32.1. The fraction of sp³-hybridized carbons (Fsp3) is 0.0588. The second-order valence-corrected chi connectivity index (χ2v) is 5.85. The molecule has 8 heteroatoms. The standard InChI is InChI=1S/C17H14N4O3S/c1-9-2-4-10(5-3-9)14(22)20-21-15(23)11-6-7-12-13(8-11)18-17(25)19-16(12)24/h2-8H,1H3,(H,20,22)(H,21,23)(H2,18,19,24,25). The van der Waals surface area contributed by atoms with Crippen molar-refractivity contribution in [1.29, 1.82) is 0 Å². The van der Waals surface area contributed by atoms with Crippen LogP contribution in [0, 0.1) is 11.7 Å². The molecule has 0 spiro atoms. The third kappa shape index (κ3) is 3.64. The maximum absolute atomic E-state index is 12.2. The molecule has 7 nitrogen and oxygen atoms in total. The Morgan fingerprint density at radius 1 is 0.920 bits per heavy atom. The van der Waals surface area contributed by atoms with Crippen LogP contribution in [0.5, 0.6) is 0 Å². The van der Waals surface area contributed by atoms with Gasteiger partial charge in [-0.1, -0.05) is 17.7 Å². The third-order valence-electron chi connectivity index (χ3n) is 3.60. The molecule has 0 saturated heterocycles. The molecular formula is C17H14N4O3S. The maximum atomic E-state index is 12.2. The molecule has 3 aromatic rings.